The summed E-state index contributed by atoms with van der Waals surface area (Å²) < 4.78 is 4.52. The van der Waals surface area contributed by atoms with Gasteiger partial charge in [-0.15, -0.1) is 0 Å². The van der Waals surface area contributed by atoms with Crippen molar-refractivity contribution >= 4 is 6.01 Å². The van der Waals surface area contributed by atoms with Crippen LogP contribution < -0.4 is 11.3 Å². The van der Waals surface area contributed by atoms with E-state index in [1.54, 1.807) is 6.92 Å². The van der Waals surface area contributed by atoms with Crippen molar-refractivity contribution in [3.63, 3.8) is 0 Å². The molecule has 0 radical (unpaired) electrons. The monoisotopic (exact) mass is 114 g/mol. The number of nitrogens with one attached hydrogen (secondary N) is 1. The van der Waals surface area contributed by atoms with Gasteiger partial charge in [0, 0.05) is 0 Å². The van der Waals surface area contributed by atoms with Crippen molar-refractivity contribution in [2.45, 2.75) is 6.92 Å². The maximum Gasteiger partial charge on any atom is 0.335 e. The molecular formula is C3H6N4O. The molecule has 0 aliphatic carbocycles. The molecule has 0 aliphatic rings. The first-order chi connectivity index (χ1) is 3.83. The summed E-state index contributed by atoms with van der Waals surface area (Å²) in [7, 11) is 0. The SMILES string of the molecule is Cc1noc(NN)n1. The van der Waals surface area contributed by atoms with E-state index in [0.717, 1.165) is 0 Å². The van der Waals surface area contributed by atoms with Crippen molar-refractivity contribution in [1.82, 2.24) is 10.1 Å². The molecule has 0 fully saturated rings. The number of hydrogen-bond donors (Lipinski definition) is 2. The normalized spacial score (nSPS) is 9.25. The van der Waals surface area contributed by atoms with E-state index in [1.165, 1.54) is 0 Å². The van der Waals surface area contributed by atoms with E-state index in [4.69, 9.17) is 5.84 Å². The quantitative estimate of drug-likeness (QED) is 0.386. The fourth-order valence-electron chi connectivity index (χ4n) is 0.356. The number of anilines is 1. The molecule has 5 heteroatoms. The third-order valence-corrected chi connectivity index (χ3v) is 0.651. The van der Waals surface area contributed by atoms with E-state index in [-0.39, 0.29) is 6.01 Å². The van der Waals surface area contributed by atoms with Gasteiger partial charge in [-0.2, -0.15) is 4.98 Å². The number of hydrogen-bond acceptors (Lipinski definition) is 5. The van der Waals surface area contributed by atoms with E-state index in [0.29, 0.717) is 5.82 Å². The Labute approximate surface area is 45.8 Å². The minimum absolute atomic E-state index is 0.238. The Bertz CT molecular complexity index is 172. The zero-order chi connectivity index (χ0) is 5.98. The second-order valence-electron chi connectivity index (χ2n) is 1.29. The number of aromatic nitrogens is 2. The van der Waals surface area contributed by atoms with Gasteiger partial charge >= 0.3 is 6.01 Å². The molecule has 0 unspecified atom stereocenters. The van der Waals surface area contributed by atoms with Crippen molar-refractivity contribution in [2.24, 2.45) is 5.84 Å². The lowest BCUT2D eigenvalue weighted by Gasteiger charge is -1.81. The van der Waals surface area contributed by atoms with Crippen LogP contribution in [0.5, 0.6) is 0 Å². The molecule has 3 N–H and O–H groups in total. The average Bonchev–Trinajstić information content (AvgIpc) is 2.14. The Morgan fingerprint density at radius 3 is 2.75 bits per heavy atom. The van der Waals surface area contributed by atoms with Gasteiger partial charge in [0.15, 0.2) is 5.82 Å². The van der Waals surface area contributed by atoms with Gasteiger partial charge < -0.3 is 4.52 Å². The van der Waals surface area contributed by atoms with Crippen LogP contribution in [0.2, 0.25) is 0 Å². The van der Waals surface area contributed by atoms with Crippen molar-refractivity contribution < 1.29 is 4.52 Å². The summed E-state index contributed by atoms with van der Waals surface area (Å²) >= 11 is 0. The van der Waals surface area contributed by atoms with Crippen molar-refractivity contribution in [3.8, 4) is 0 Å². The molecule has 1 aromatic heterocycles. The number of rotatable bonds is 1. The Kier molecular flexibility index (Phi) is 1.13. The molecule has 1 heterocycles. The first-order valence-corrected chi connectivity index (χ1v) is 2.10. The minimum atomic E-state index is 0.238. The minimum Gasteiger partial charge on any atom is -0.314 e. The van der Waals surface area contributed by atoms with Crippen LogP contribution in [0, 0.1) is 6.92 Å². The molecule has 0 saturated carbocycles. The fraction of sp³-hybridized carbons (Fsp3) is 0.333. The third kappa shape index (κ3) is 0.760. The molecule has 44 valence electrons. The maximum absolute atomic E-state index is 4.92. The number of hydrazine groups is 1. The molecule has 0 aliphatic heterocycles. The van der Waals surface area contributed by atoms with Gasteiger partial charge in [-0.3, -0.25) is 5.43 Å². The van der Waals surface area contributed by atoms with Crippen LogP contribution in [0.4, 0.5) is 6.01 Å². The first-order valence-electron chi connectivity index (χ1n) is 2.10. The van der Waals surface area contributed by atoms with E-state index < -0.39 is 0 Å². The summed E-state index contributed by atoms with van der Waals surface area (Å²) in [6, 6.07) is 0.238. The Hall–Kier alpha value is -1.10. The summed E-state index contributed by atoms with van der Waals surface area (Å²) in [5.41, 5.74) is 2.21. The van der Waals surface area contributed by atoms with Crippen LogP contribution in [0.1, 0.15) is 5.82 Å². The molecule has 0 aromatic carbocycles. The van der Waals surface area contributed by atoms with Gasteiger partial charge in [-0.05, 0) is 6.92 Å². The van der Waals surface area contributed by atoms with Gasteiger partial charge in [0.05, 0.1) is 0 Å². The third-order valence-electron chi connectivity index (χ3n) is 0.651. The Morgan fingerprint density at radius 2 is 2.50 bits per heavy atom. The van der Waals surface area contributed by atoms with Crippen LogP contribution in [0.3, 0.4) is 0 Å². The fourth-order valence-corrected chi connectivity index (χ4v) is 0.356. The lowest BCUT2D eigenvalue weighted by atomic mass is 10.8. The number of nitrogen functional groups attached to an aromatic ring is 1. The smallest absolute Gasteiger partial charge is 0.314 e. The second-order valence-corrected chi connectivity index (χ2v) is 1.29. The Balaban J connectivity index is 2.84. The van der Waals surface area contributed by atoms with Crippen LogP contribution in [0.15, 0.2) is 4.52 Å². The lowest BCUT2D eigenvalue weighted by molar-refractivity contribution is 0.426. The number of nitrogens with zero attached hydrogens (tertiary/aromatic N) is 2. The Morgan fingerprint density at radius 1 is 1.75 bits per heavy atom. The predicted molar refractivity (Wildman–Crippen MR) is 26.8 cm³/mol. The highest BCUT2D eigenvalue weighted by molar-refractivity contribution is 5.13. The maximum atomic E-state index is 4.92. The van der Waals surface area contributed by atoms with Gasteiger partial charge in [-0.25, -0.2) is 5.84 Å². The molecule has 8 heavy (non-hydrogen) atoms. The van der Waals surface area contributed by atoms with Crippen LogP contribution in [-0.2, 0) is 0 Å². The summed E-state index contributed by atoms with van der Waals surface area (Å²) in [6.07, 6.45) is 0. The van der Waals surface area contributed by atoms with Gasteiger partial charge in [0.1, 0.15) is 0 Å². The molecule has 1 aromatic rings. The summed E-state index contributed by atoms with van der Waals surface area (Å²) in [6.45, 7) is 1.71. The summed E-state index contributed by atoms with van der Waals surface area (Å²) in [5.74, 6) is 5.48. The van der Waals surface area contributed by atoms with Crippen LogP contribution in [-0.4, -0.2) is 10.1 Å². The lowest BCUT2D eigenvalue weighted by Crippen LogP contribution is -2.06. The predicted octanol–water partition coefficient (Wildman–Crippen LogP) is -0.336. The molecule has 0 bridgehead atoms. The second kappa shape index (κ2) is 1.79. The molecule has 0 saturated heterocycles. The highest BCUT2D eigenvalue weighted by atomic mass is 16.5. The van der Waals surface area contributed by atoms with E-state index in [1.807, 2.05) is 0 Å². The molecule has 0 atom stereocenters. The summed E-state index contributed by atoms with van der Waals surface area (Å²) in [5, 5.41) is 3.46. The topological polar surface area (TPSA) is 77.0 Å². The van der Waals surface area contributed by atoms with E-state index >= 15 is 0 Å². The van der Waals surface area contributed by atoms with E-state index in [2.05, 4.69) is 20.1 Å². The molecule has 0 amide bonds. The highest BCUT2D eigenvalue weighted by Gasteiger charge is 1.95. The van der Waals surface area contributed by atoms with Gasteiger partial charge in [0.25, 0.3) is 0 Å². The van der Waals surface area contributed by atoms with Gasteiger partial charge in [-0.1, -0.05) is 5.16 Å². The molecular weight excluding hydrogens is 108 g/mol. The molecule has 0 spiro atoms. The zero-order valence-electron chi connectivity index (χ0n) is 4.38. The van der Waals surface area contributed by atoms with Crippen molar-refractivity contribution in [2.75, 3.05) is 5.43 Å². The largest absolute Gasteiger partial charge is 0.335 e. The van der Waals surface area contributed by atoms with E-state index in [9.17, 15) is 0 Å². The zero-order valence-corrected chi connectivity index (χ0v) is 4.38. The number of nitrogens with two attached hydrogens (primary N) is 1. The van der Waals surface area contributed by atoms with Gasteiger partial charge in [0.2, 0.25) is 0 Å². The summed E-state index contributed by atoms with van der Waals surface area (Å²) in [4.78, 5) is 3.72. The first kappa shape index (κ1) is 5.04. The van der Waals surface area contributed by atoms with Crippen LogP contribution in [0.25, 0.3) is 0 Å². The van der Waals surface area contributed by atoms with Crippen molar-refractivity contribution in [3.05, 3.63) is 5.82 Å². The average molecular weight is 114 g/mol. The molecule has 1 rings (SSSR count). The molecule has 5 nitrogen and oxygen atoms in total. The number of aryl methyl sites for hydroxylation is 1. The van der Waals surface area contributed by atoms with Crippen LogP contribution >= 0.6 is 0 Å². The highest BCUT2D eigenvalue weighted by Crippen LogP contribution is 1.97. The standard InChI is InChI=1S/C3H6N4O/c1-2-5-3(6-4)8-7-2/h4H2,1H3,(H,5,6,7). The van der Waals surface area contributed by atoms with Crippen molar-refractivity contribution in [1.29, 1.82) is 0 Å².